The molecule has 0 aliphatic heterocycles. The van der Waals surface area contributed by atoms with E-state index < -0.39 is 35.5 Å². The van der Waals surface area contributed by atoms with Crippen molar-refractivity contribution in [3.05, 3.63) is 93.7 Å². The Balaban J connectivity index is 2.13. The van der Waals surface area contributed by atoms with Gasteiger partial charge in [0.1, 0.15) is 17.7 Å². The van der Waals surface area contributed by atoms with Crippen LogP contribution in [0.15, 0.2) is 65.4 Å². The van der Waals surface area contributed by atoms with E-state index >= 15 is 0 Å². The molecule has 0 saturated carbocycles. The first-order valence-electron chi connectivity index (χ1n) is 8.53. The maximum absolute atomic E-state index is 13.8. The van der Waals surface area contributed by atoms with Crippen LogP contribution in [0.4, 0.5) is 8.78 Å². The first kappa shape index (κ1) is 19.7. The standard InChI is InChI=1S/C21H18F2N2O2S/c1-13(16-9-17(22)11-18(23)10-16)25(21(27)14-5-3-2-4-6-14)19(20(24)26)15-7-8-28-12-15/h2-13,19H,1H3,(H2,24,26)/t13-,19-/m1/s1. The van der Waals surface area contributed by atoms with Gasteiger partial charge in [-0.1, -0.05) is 18.2 Å². The molecule has 3 rings (SSSR count). The Bertz CT molecular complexity index is 957. The first-order chi connectivity index (χ1) is 13.4. The van der Waals surface area contributed by atoms with Crippen LogP contribution >= 0.6 is 11.3 Å². The summed E-state index contributed by atoms with van der Waals surface area (Å²) in [4.78, 5) is 26.9. The molecule has 2 atom stereocenters. The van der Waals surface area contributed by atoms with E-state index in [-0.39, 0.29) is 5.56 Å². The van der Waals surface area contributed by atoms with Crippen molar-refractivity contribution in [3.63, 3.8) is 0 Å². The smallest absolute Gasteiger partial charge is 0.255 e. The lowest BCUT2D eigenvalue weighted by atomic mass is 9.99. The molecular weight excluding hydrogens is 382 g/mol. The number of carbonyl (C=O) groups excluding carboxylic acids is 2. The van der Waals surface area contributed by atoms with Crippen molar-refractivity contribution in [2.45, 2.75) is 19.0 Å². The van der Waals surface area contributed by atoms with Gasteiger partial charge in [-0.25, -0.2) is 8.78 Å². The van der Waals surface area contributed by atoms with E-state index in [0.29, 0.717) is 11.1 Å². The minimum absolute atomic E-state index is 0.225. The van der Waals surface area contributed by atoms with Gasteiger partial charge in [-0.05, 0) is 59.1 Å². The highest BCUT2D eigenvalue weighted by Gasteiger charge is 2.35. The molecule has 0 aliphatic carbocycles. The molecule has 0 radical (unpaired) electrons. The van der Waals surface area contributed by atoms with Gasteiger partial charge in [0.25, 0.3) is 5.91 Å². The molecule has 0 bridgehead atoms. The van der Waals surface area contributed by atoms with Crippen LogP contribution in [0.1, 0.15) is 40.5 Å². The normalized spacial score (nSPS) is 13.0. The maximum Gasteiger partial charge on any atom is 0.255 e. The molecular formula is C21H18F2N2O2S. The zero-order valence-electron chi connectivity index (χ0n) is 15.0. The number of hydrogen-bond donors (Lipinski definition) is 1. The number of primary amides is 1. The summed E-state index contributed by atoms with van der Waals surface area (Å²) in [5.41, 5.74) is 6.76. The van der Waals surface area contributed by atoms with Gasteiger partial charge < -0.3 is 10.6 Å². The molecule has 0 spiro atoms. The van der Waals surface area contributed by atoms with Crippen LogP contribution in [0.2, 0.25) is 0 Å². The fourth-order valence-electron chi connectivity index (χ4n) is 3.12. The van der Waals surface area contributed by atoms with Gasteiger partial charge in [-0.15, -0.1) is 0 Å². The van der Waals surface area contributed by atoms with Crippen LogP contribution in [-0.2, 0) is 4.79 Å². The maximum atomic E-state index is 13.8. The van der Waals surface area contributed by atoms with Crippen molar-refractivity contribution in [3.8, 4) is 0 Å². The van der Waals surface area contributed by atoms with Crippen LogP contribution in [0.25, 0.3) is 0 Å². The Morgan fingerprint density at radius 3 is 2.18 bits per heavy atom. The summed E-state index contributed by atoms with van der Waals surface area (Å²) in [7, 11) is 0. The van der Waals surface area contributed by atoms with E-state index in [4.69, 9.17) is 5.73 Å². The summed E-state index contributed by atoms with van der Waals surface area (Å²) in [5.74, 6) is -2.72. The van der Waals surface area contributed by atoms with Crippen LogP contribution in [0.5, 0.6) is 0 Å². The molecule has 0 fully saturated rings. The van der Waals surface area contributed by atoms with E-state index in [2.05, 4.69) is 0 Å². The third kappa shape index (κ3) is 4.09. The molecule has 1 heterocycles. The second-order valence-corrected chi connectivity index (χ2v) is 7.10. The number of nitrogens with zero attached hydrogens (tertiary/aromatic N) is 1. The zero-order valence-corrected chi connectivity index (χ0v) is 15.8. The van der Waals surface area contributed by atoms with E-state index in [1.807, 2.05) is 0 Å². The summed E-state index contributed by atoms with van der Waals surface area (Å²) in [6, 6.07) is 11.2. The summed E-state index contributed by atoms with van der Waals surface area (Å²) >= 11 is 1.36. The van der Waals surface area contributed by atoms with Gasteiger partial charge in [0.2, 0.25) is 5.91 Å². The van der Waals surface area contributed by atoms with Crippen LogP contribution in [0, 0.1) is 11.6 Å². The number of hydrogen-bond acceptors (Lipinski definition) is 3. The third-order valence-corrected chi connectivity index (χ3v) is 5.15. The molecule has 2 aromatic carbocycles. The summed E-state index contributed by atoms with van der Waals surface area (Å²) in [6.07, 6.45) is 0. The van der Waals surface area contributed by atoms with Gasteiger partial charge >= 0.3 is 0 Å². The van der Waals surface area contributed by atoms with Gasteiger partial charge in [-0.2, -0.15) is 11.3 Å². The molecule has 28 heavy (non-hydrogen) atoms. The fourth-order valence-corrected chi connectivity index (χ4v) is 3.79. The third-order valence-electron chi connectivity index (χ3n) is 4.45. The van der Waals surface area contributed by atoms with Crippen molar-refractivity contribution >= 4 is 23.2 Å². The van der Waals surface area contributed by atoms with Crippen molar-refractivity contribution in [1.82, 2.24) is 4.90 Å². The predicted octanol–water partition coefficient (Wildman–Crippen LogP) is 4.46. The summed E-state index contributed by atoms with van der Waals surface area (Å²) in [5, 5.41) is 3.49. The topological polar surface area (TPSA) is 63.4 Å². The Morgan fingerprint density at radius 1 is 1.00 bits per heavy atom. The lowest BCUT2D eigenvalue weighted by molar-refractivity contribution is -0.123. The van der Waals surface area contributed by atoms with Crippen LogP contribution in [0.3, 0.4) is 0 Å². The number of amides is 2. The highest BCUT2D eigenvalue weighted by Crippen LogP contribution is 2.33. The molecule has 4 nitrogen and oxygen atoms in total. The number of benzene rings is 2. The molecule has 0 unspecified atom stereocenters. The van der Waals surface area contributed by atoms with Gasteiger partial charge in [0.15, 0.2) is 0 Å². The zero-order chi connectivity index (χ0) is 20.3. The Kier molecular flexibility index (Phi) is 5.84. The lowest BCUT2D eigenvalue weighted by Crippen LogP contribution is -2.43. The fraction of sp³-hybridized carbons (Fsp3) is 0.143. The highest BCUT2D eigenvalue weighted by molar-refractivity contribution is 7.08. The Labute approximate surface area is 165 Å². The lowest BCUT2D eigenvalue weighted by Gasteiger charge is -2.35. The van der Waals surface area contributed by atoms with Crippen molar-refractivity contribution in [1.29, 1.82) is 0 Å². The van der Waals surface area contributed by atoms with Crippen molar-refractivity contribution < 1.29 is 18.4 Å². The van der Waals surface area contributed by atoms with E-state index in [9.17, 15) is 18.4 Å². The van der Waals surface area contributed by atoms with Gasteiger partial charge in [0, 0.05) is 11.6 Å². The summed E-state index contributed by atoms with van der Waals surface area (Å²) < 4.78 is 27.6. The number of thiophene rings is 1. The van der Waals surface area contributed by atoms with Crippen molar-refractivity contribution in [2.75, 3.05) is 0 Å². The molecule has 0 aliphatic rings. The van der Waals surface area contributed by atoms with Crippen LogP contribution < -0.4 is 5.73 Å². The van der Waals surface area contributed by atoms with Crippen molar-refractivity contribution in [2.24, 2.45) is 5.73 Å². The monoisotopic (exact) mass is 400 g/mol. The molecule has 3 aromatic rings. The molecule has 144 valence electrons. The van der Waals surface area contributed by atoms with E-state index in [1.165, 1.54) is 16.2 Å². The average Bonchev–Trinajstić information content (AvgIpc) is 3.18. The molecule has 2 N–H and O–H groups in total. The Morgan fingerprint density at radius 2 is 1.64 bits per heavy atom. The minimum atomic E-state index is -1.08. The second kappa shape index (κ2) is 8.31. The number of carbonyl (C=O) groups is 2. The number of nitrogens with two attached hydrogens (primary N) is 1. The largest absolute Gasteiger partial charge is 0.368 e. The van der Waals surface area contributed by atoms with Gasteiger partial charge in [0.05, 0.1) is 6.04 Å². The molecule has 7 heteroatoms. The molecule has 0 saturated heterocycles. The summed E-state index contributed by atoms with van der Waals surface area (Å²) in [6.45, 7) is 1.61. The number of rotatable bonds is 6. The SMILES string of the molecule is C[C@H](c1cc(F)cc(F)c1)N(C(=O)c1ccccc1)[C@@H](C(N)=O)c1ccsc1. The first-order valence-corrected chi connectivity index (χ1v) is 9.48. The van der Waals surface area contributed by atoms with E-state index in [1.54, 1.807) is 54.1 Å². The predicted molar refractivity (Wildman–Crippen MR) is 104 cm³/mol. The van der Waals surface area contributed by atoms with E-state index in [0.717, 1.165) is 18.2 Å². The average molecular weight is 400 g/mol. The van der Waals surface area contributed by atoms with Gasteiger partial charge in [-0.3, -0.25) is 9.59 Å². The quantitative estimate of drug-likeness (QED) is 0.664. The molecule has 1 aromatic heterocycles. The number of halogens is 2. The minimum Gasteiger partial charge on any atom is -0.368 e. The second-order valence-electron chi connectivity index (χ2n) is 6.32. The highest BCUT2D eigenvalue weighted by atomic mass is 32.1. The van der Waals surface area contributed by atoms with Crippen LogP contribution in [-0.4, -0.2) is 16.7 Å². The Hall–Kier alpha value is -3.06. The molecule has 2 amide bonds.